The van der Waals surface area contributed by atoms with Crippen molar-refractivity contribution in [1.29, 1.82) is 0 Å². The van der Waals surface area contributed by atoms with Gasteiger partial charge in [-0.1, -0.05) is 23.7 Å². The van der Waals surface area contributed by atoms with Crippen LogP contribution in [0.15, 0.2) is 24.3 Å². The molecule has 27 heavy (non-hydrogen) atoms. The standard InChI is InChI=1S/C17H21ClN6O3/c1-12-16(24(26)27)17(21(2)20-12)23-9-7-22(8-10-23)11-15(25)19-14-6-4-3-5-13(14)18/h3-6H,7-11H2,1-2H3,(H,19,25). The Balaban J connectivity index is 1.59. The maximum Gasteiger partial charge on any atom is 0.333 e. The first kappa shape index (κ1) is 19.1. The molecule has 3 rings (SSSR count). The lowest BCUT2D eigenvalue weighted by Gasteiger charge is -2.34. The van der Waals surface area contributed by atoms with Crippen molar-refractivity contribution in [3.8, 4) is 0 Å². The molecule has 0 spiro atoms. The number of aryl methyl sites for hydroxylation is 2. The Hall–Kier alpha value is -2.65. The number of nitro groups is 1. The molecule has 9 nitrogen and oxygen atoms in total. The summed E-state index contributed by atoms with van der Waals surface area (Å²) in [5.74, 6) is 0.372. The molecule has 0 bridgehead atoms. The predicted octanol–water partition coefficient (Wildman–Crippen LogP) is 2.05. The summed E-state index contributed by atoms with van der Waals surface area (Å²) in [6.07, 6.45) is 0. The highest BCUT2D eigenvalue weighted by atomic mass is 35.5. The Kier molecular flexibility index (Phi) is 5.62. The van der Waals surface area contributed by atoms with Gasteiger partial charge in [0.1, 0.15) is 5.69 Å². The Morgan fingerprint density at radius 2 is 1.96 bits per heavy atom. The number of nitrogens with zero attached hydrogens (tertiary/aromatic N) is 5. The van der Waals surface area contributed by atoms with Crippen LogP contribution in [-0.2, 0) is 11.8 Å². The van der Waals surface area contributed by atoms with Crippen LogP contribution in [-0.4, -0.2) is 58.2 Å². The van der Waals surface area contributed by atoms with E-state index in [0.29, 0.717) is 48.4 Å². The summed E-state index contributed by atoms with van der Waals surface area (Å²) in [5, 5.41) is 18.8. The molecule has 1 saturated heterocycles. The smallest absolute Gasteiger partial charge is 0.333 e. The van der Waals surface area contributed by atoms with Gasteiger partial charge < -0.3 is 10.2 Å². The van der Waals surface area contributed by atoms with Gasteiger partial charge in [0.05, 0.1) is 22.2 Å². The zero-order valence-corrected chi connectivity index (χ0v) is 15.9. The van der Waals surface area contributed by atoms with Crippen molar-refractivity contribution in [1.82, 2.24) is 14.7 Å². The summed E-state index contributed by atoms with van der Waals surface area (Å²) < 4.78 is 1.55. The van der Waals surface area contributed by atoms with Crippen molar-refractivity contribution < 1.29 is 9.72 Å². The quantitative estimate of drug-likeness (QED) is 0.618. The lowest BCUT2D eigenvalue weighted by atomic mass is 10.2. The zero-order valence-electron chi connectivity index (χ0n) is 15.2. The van der Waals surface area contributed by atoms with Crippen LogP contribution in [0.25, 0.3) is 0 Å². The third kappa shape index (κ3) is 4.20. The third-order valence-corrected chi connectivity index (χ3v) is 4.86. The number of piperazine rings is 1. The van der Waals surface area contributed by atoms with E-state index >= 15 is 0 Å². The van der Waals surface area contributed by atoms with E-state index in [2.05, 4.69) is 10.4 Å². The molecule has 1 aromatic carbocycles. The number of hydrogen-bond donors (Lipinski definition) is 1. The van der Waals surface area contributed by atoms with Crippen LogP contribution in [0.1, 0.15) is 5.69 Å². The highest BCUT2D eigenvalue weighted by Gasteiger charge is 2.30. The Labute approximate surface area is 161 Å². The minimum Gasteiger partial charge on any atom is -0.349 e. The molecule has 2 aromatic rings. The summed E-state index contributed by atoms with van der Waals surface area (Å²) in [7, 11) is 1.71. The molecule has 2 heterocycles. The van der Waals surface area contributed by atoms with E-state index in [1.54, 1.807) is 36.9 Å². The van der Waals surface area contributed by atoms with Gasteiger partial charge in [-0.05, 0) is 19.1 Å². The van der Waals surface area contributed by atoms with Crippen molar-refractivity contribution in [3.05, 3.63) is 45.1 Å². The number of nitrogens with one attached hydrogen (secondary N) is 1. The second kappa shape index (κ2) is 7.93. The minimum absolute atomic E-state index is 0.0439. The predicted molar refractivity (Wildman–Crippen MR) is 103 cm³/mol. The molecule has 1 aliphatic rings. The maximum atomic E-state index is 12.3. The minimum atomic E-state index is -0.388. The fourth-order valence-corrected chi connectivity index (χ4v) is 3.46. The topological polar surface area (TPSA) is 96.5 Å². The summed E-state index contributed by atoms with van der Waals surface area (Å²) >= 11 is 6.06. The molecule has 1 aliphatic heterocycles. The number of para-hydroxylation sites is 1. The van der Waals surface area contributed by atoms with E-state index in [0.717, 1.165) is 0 Å². The summed E-state index contributed by atoms with van der Waals surface area (Å²) in [5.41, 5.74) is 1.03. The van der Waals surface area contributed by atoms with Gasteiger partial charge in [-0.2, -0.15) is 5.10 Å². The molecule has 0 unspecified atom stereocenters. The molecule has 0 aliphatic carbocycles. The molecular weight excluding hydrogens is 372 g/mol. The van der Waals surface area contributed by atoms with Gasteiger partial charge in [0.15, 0.2) is 0 Å². The monoisotopic (exact) mass is 392 g/mol. The van der Waals surface area contributed by atoms with E-state index in [9.17, 15) is 14.9 Å². The molecule has 0 saturated carbocycles. The number of halogens is 1. The van der Waals surface area contributed by atoms with Crippen LogP contribution in [0.3, 0.4) is 0 Å². The number of aromatic nitrogens is 2. The number of rotatable bonds is 5. The van der Waals surface area contributed by atoms with Crippen molar-refractivity contribution >= 4 is 34.7 Å². The molecule has 1 amide bonds. The van der Waals surface area contributed by atoms with Gasteiger partial charge in [-0.3, -0.25) is 19.8 Å². The maximum absolute atomic E-state index is 12.3. The van der Waals surface area contributed by atoms with Gasteiger partial charge in [0.2, 0.25) is 11.7 Å². The van der Waals surface area contributed by atoms with Gasteiger partial charge in [-0.15, -0.1) is 0 Å². The van der Waals surface area contributed by atoms with E-state index in [-0.39, 0.29) is 23.1 Å². The van der Waals surface area contributed by atoms with Crippen LogP contribution in [0.5, 0.6) is 0 Å². The van der Waals surface area contributed by atoms with Crippen LogP contribution in [0, 0.1) is 17.0 Å². The summed E-state index contributed by atoms with van der Waals surface area (Å²) in [6.45, 7) is 4.29. The summed E-state index contributed by atoms with van der Waals surface area (Å²) in [4.78, 5) is 27.2. The number of hydrogen-bond acceptors (Lipinski definition) is 6. The SMILES string of the molecule is Cc1nn(C)c(N2CCN(CC(=O)Nc3ccccc3Cl)CC2)c1[N+](=O)[O-]. The zero-order chi connectivity index (χ0) is 19.6. The highest BCUT2D eigenvalue weighted by molar-refractivity contribution is 6.33. The van der Waals surface area contributed by atoms with Gasteiger partial charge in [0.25, 0.3) is 0 Å². The van der Waals surface area contributed by atoms with Crippen LogP contribution >= 0.6 is 11.6 Å². The normalized spacial score (nSPS) is 15.0. The van der Waals surface area contributed by atoms with Crippen molar-refractivity contribution in [2.75, 3.05) is 42.9 Å². The largest absolute Gasteiger partial charge is 0.349 e. The Bertz CT molecular complexity index is 860. The molecular formula is C17H21ClN6O3. The first-order valence-electron chi connectivity index (χ1n) is 8.56. The van der Waals surface area contributed by atoms with Crippen molar-refractivity contribution in [2.24, 2.45) is 7.05 Å². The molecule has 1 fully saturated rings. The van der Waals surface area contributed by atoms with Gasteiger partial charge in [-0.25, -0.2) is 4.68 Å². The van der Waals surface area contributed by atoms with E-state index in [1.165, 1.54) is 0 Å². The second-order valence-electron chi connectivity index (χ2n) is 6.43. The molecule has 0 atom stereocenters. The molecule has 144 valence electrons. The molecule has 1 aromatic heterocycles. The average Bonchev–Trinajstić information content (AvgIpc) is 2.92. The molecule has 10 heteroatoms. The number of benzene rings is 1. The first-order chi connectivity index (χ1) is 12.9. The molecule has 1 N–H and O–H groups in total. The lowest BCUT2D eigenvalue weighted by Crippen LogP contribution is -2.49. The van der Waals surface area contributed by atoms with Crippen LogP contribution < -0.4 is 10.2 Å². The molecule has 0 radical (unpaired) electrons. The second-order valence-corrected chi connectivity index (χ2v) is 6.84. The average molecular weight is 393 g/mol. The third-order valence-electron chi connectivity index (χ3n) is 4.53. The first-order valence-corrected chi connectivity index (χ1v) is 8.94. The van der Waals surface area contributed by atoms with Gasteiger partial charge in [0, 0.05) is 33.2 Å². The number of anilines is 2. The van der Waals surface area contributed by atoms with E-state index < -0.39 is 0 Å². The fraction of sp³-hybridized carbons (Fsp3) is 0.412. The van der Waals surface area contributed by atoms with Crippen LogP contribution in [0.4, 0.5) is 17.2 Å². The Morgan fingerprint density at radius 3 is 2.59 bits per heavy atom. The van der Waals surface area contributed by atoms with Crippen molar-refractivity contribution in [3.63, 3.8) is 0 Å². The van der Waals surface area contributed by atoms with E-state index in [4.69, 9.17) is 11.6 Å². The van der Waals surface area contributed by atoms with Crippen molar-refractivity contribution in [2.45, 2.75) is 6.92 Å². The van der Waals surface area contributed by atoms with Crippen LogP contribution in [0.2, 0.25) is 5.02 Å². The lowest BCUT2D eigenvalue weighted by molar-refractivity contribution is -0.384. The van der Waals surface area contributed by atoms with E-state index in [1.807, 2.05) is 15.9 Å². The summed E-state index contributed by atoms with van der Waals surface area (Å²) in [6, 6.07) is 7.08. The Morgan fingerprint density at radius 1 is 1.30 bits per heavy atom. The highest BCUT2D eigenvalue weighted by Crippen LogP contribution is 2.31. The number of carbonyl (C=O) groups excluding carboxylic acids is 1. The van der Waals surface area contributed by atoms with Gasteiger partial charge >= 0.3 is 5.69 Å². The fourth-order valence-electron chi connectivity index (χ4n) is 3.28. The number of carbonyl (C=O) groups is 1. The number of amides is 1.